The first-order valence-electron chi connectivity index (χ1n) is 7.73. The second-order valence-corrected chi connectivity index (χ2v) is 6.82. The Hall–Kier alpha value is -0.885. The first-order valence-corrected chi connectivity index (χ1v) is 7.73. The second-order valence-electron chi connectivity index (χ2n) is 6.82. The molecule has 22 heavy (non-hydrogen) atoms. The molecule has 1 saturated heterocycles. The van der Waals surface area contributed by atoms with Crippen LogP contribution in [0.2, 0.25) is 0 Å². The average molecular weight is 310 g/mol. The number of rotatable bonds is 5. The number of hydrogen-bond donors (Lipinski definition) is 3. The molecule has 2 heterocycles. The van der Waals surface area contributed by atoms with Crippen LogP contribution >= 0.6 is 0 Å². The molecule has 0 saturated carbocycles. The van der Waals surface area contributed by atoms with Gasteiger partial charge in [0.05, 0.1) is 19.2 Å². The van der Waals surface area contributed by atoms with E-state index in [2.05, 4.69) is 0 Å². The summed E-state index contributed by atoms with van der Waals surface area (Å²) >= 11 is 0. The highest BCUT2D eigenvalue weighted by molar-refractivity contribution is 5.98. The van der Waals surface area contributed by atoms with Crippen molar-refractivity contribution in [2.24, 2.45) is 5.92 Å². The average Bonchev–Trinajstić information content (AvgIpc) is 2.92. The zero-order chi connectivity index (χ0) is 16.7. The Kier molecular flexibility index (Phi) is 4.73. The van der Waals surface area contributed by atoms with E-state index >= 15 is 0 Å². The predicted molar refractivity (Wildman–Crippen MR) is 80.7 cm³/mol. The first-order chi connectivity index (χ1) is 10.1. The maximum Gasteiger partial charge on any atom is 0.482 e. The second kappa shape index (κ2) is 5.96. The lowest BCUT2D eigenvalue weighted by atomic mass is 9.85. The van der Waals surface area contributed by atoms with Crippen molar-refractivity contribution in [3.8, 4) is 0 Å². The van der Waals surface area contributed by atoms with Crippen LogP contribution in [0.15, 0.2) is 11.6 Å². The molecule has 0 spiro atoms. The number of ether oxygens (including phenoxy) is 1. The monoisotopic (exact) mass is 310 g/mol. The van der Waals surface area contributed by atoms with Crippen LogP contribution in [0.3, 0.4) is 0 Å². The van der Waals surface area contributed by atoms with E-state index in [0.717, 1.165) is 5.57 Å². The van der Waals surface area contributed by atoms with Crippen molar-refractivity contribution < 1.29 is 29.2 Å². The fraction of sp³-hybridized carbons (Fsp3) is 0.800. The van der Waals surface area contributed by atoms with Crippen LogP contribution in [0.5, 0.6) is 0 Å². The SMILES string of the molecule is [B][N+]12CC=C(COC(=O)C(O)(C(C)C)C(C)O)C1C(O)CC2. The van der Waals surface area contributed by atoms with Crippen LogP contribution in [-0.2, 0) is 9.53 Å². The van der Waals surface area contributed by atoms with E-state index in [4.69, 9.17) is 12.7 Å². The minimum atomic E-state index is -1.94. The van der Waals surface area contributed by atoms with Crippen LogP contribution in [0.4, 0.5) is 0 Å². The maximum atomic E-state index is 12.2. The third-order valence-corrected chi connectivity index (χ3v) is 5.05. The Balaban J connectivity index is 2.03. The van der Waals surface area contributed by atoms with Gasteiger partial charge in [0, 0.05) is 12.0 Å². The van der Waals surface area contributed by atoms with Gasteiger partial charge in [-0.3, -0.25) is 0 Å². The van der Waals surface area contributed by atoms with Gasteiger partial charge in [-0.2, -0.15) is 0 Å². The summed E-state index contributed by atoms with van der Waals surface area (Å²) in [5.74, 6) is -1.34. The standard InChI is InChI=1S/C15H25BNO5/c1-9(2)15(21,10(3)18)14(20)22-8-11-4-6-17(16)7-5-12(19)13(11)17/h4,9-10,12-13,18-19,21H,5-8H2,1-3H3/q+1. The van der Waals surface area contributed by atoms with Crippen LogP contribution in [0.1, 0.15) is 27.2 Å². The highest BCUT2D eigenvalue weighted by Crippen LogP contribution is 2.35. The van der Waals surface area contributed by atoms with Gasteiger partial charge in [0.1, 0.15) is 18.8 Å². The minimum Gasteiger partial charge on any atom is -0.459 e. The van der Waals surface area contributed by atoms with Crippen molar-refractivity contribution in [1.29, 1.82) is 0 Å². The lowest BCUT2D eigenvalue weighted by Gasteiger charge is -2.34. The van der Waals surface area contributed by atoms with Crippen LogP contribution < -0.4 is 0 Å². The van der Waals surface area contributed by atoms with Gasteiger partial charge in [-0.1, -0.05) is 13.8 Å². The van der Waals surface area contributed by atoms with Gasteiger partial charge in [0.2, 0.25) is 0 Å². The number of hydrogen-bond acceptors (Lipinski definition) is 5. The maximum absolute atomic E-state index is 12.2. The topological polar surface area (TPSA) is 87.0 Å². The van der Waals surface area contributed by atoms with E-state index in [-0.39, 0.29) is 17.0 Å². The van der Waals surface area contributed by atoms with Crippen LogP contribution in [0, 0.1) is 5.92 Å². The Morgan fingerprint density at radius 2 is 2.18 bits per heavy atom. The largest absolute Gasteiger partial charge is 0.482 e. The quantitative estimate of drug-likeness (QED) is 0.354. The zero-order valence-electron chi connectivity index (χ0n) is 13.4. The molecule has 0 aromatic heterocycles. The van der Waals surface area contributed by atoms with E-state index in [1.54, 1.807) is 13.8 Å². The number of esters is 1. The summed E-state index contributed by atoms with van der Waals surface area (Å²) in [6.07, 6.45) is 0.727. The molecule has 1 fully saturated rings. The number of carbonyl (C=O) groups excluding carboxylic acids is 1. The van der Waals surface area contributed by atoms with E-state index < -0.39 is 29.7 Å². The third kappa shape index (κ3) is 2.71. The Labute approximate surface area is 132 Å². The van der Waals surface area contributed by atoms with Crippen molar-refractivity contribution in [3.05, 3.63) is 11.6 Å². The molecule has 2 aliphatic rings. The summed E-state index contributed by atoms with van der Waals surface area (Å²) in [4.78, 5) is 12.2. The molecule has 7 heteroatoms. The molecule has 6 nitrogen and oxygen atoms in total. The summed E-state index contributed by atoms with van der Waals surface area (Å²) in [6.45, 7) is 5.90. The fourth-order valence-corrected chi connectivity index (χ4v) is 3.50. The van der Waals surface area contributed by atoms with Gasteiger partial charge in [0.25, 0.3) is 0 Å². The molecule has 0 aliphatic carbocycles. The van der Waals surface area contributed by atoms with Gasteiger partial charge >= 0.3 is 14.0 Å². The molecule has 0 aromatic carbocycles. The number of nitrogens with zero attached hydrogens (tertiary/aromatic N) is 1. The van der Waals surface area contributed by atoms with Gasteiger partial charge in [-0.25, -0.2) is 4.79 Å². The fourth-order valence-electron chi connectivity index (χ4n) is 3.50. The Morgan fingerprint density at radius 3 is 2.73 bits per heavy atom. The summed E-state index contributed by atoms with van der Waals surface area (Å²) in [5.41, 5.74) is -1.17. The molecule has 5 atom stereocenters. The number of carbonyl (C=O) groups is 1. The molecule has 5 unspecified atom stereocenters. The normalized spacial score (nSPS) is 35.0. The summed E-state index contributed by atoms with van der Waals surface area (Å²) in [5, 5.41) is 30.2. The third-order valence-electron chi connectivity index (χ3n) is 5.05. The minimum absolute atomic E-state index is 0.0283. The lowest BCUT2D eigenvalue weighted by molar-refractivity contribution is -0.813. The van der Waals surface area contributed by atoms with E-state index in [9.17, 15) is 20.1 Å². The van der Waals surface area contributed by atoms with Crippen molar-refractivity contribution >= 4 is 14.0 Å². The van der Waals surface area contributed by atoms with Crippen LogP contribution in [0.25, 0.3) is 0 Å². The molecule has 0 aromatic rings. The van der Waals surface area contributed by atoms with Crippen molar-refractivity contribution in [2.45, 2.75) is 51.0 Å². The lowest BCUT2D eigenvalue weighted by Crippen LogP contribution is -2.54. The number of fused-ring (bicyclic) bond motifs is 1. The first kappa shape index (κ1) is 17.5. The molecule has 0 bridgehead atoms. The van der Waals surface area contributed by atoms with Crippen molar-refractivity contribution in [3.63, 3.8) is 0 Å². The Morgan fingerprint density at radius 1 is 1.55 bits per heavy atom. The Bertz CT molecular complexity index is 471. The molecular formula is C15H25BNO5+. The van der Waals surface area contributed by atoms with E-state index in [1.165, 1.54) is 6.92 Å². The number of quaternary nitrogens is 1. The molecule has 2 rings (SSSR count). The summed E-state index contributed by atoms with van der Waals surface area (Å²) in [7, 11) is 6.23. The van der Waals surface area contributed by atoms with Crippen molar-refractivity contribution in [2.75, 3.05) is 19.7 Å². The molecule has 0 amide bonds. The van der Waals surface area contributed by atoms with Gasteiger partial charge in [-0.15, -0.1) is 0 Å². The molecule has 2 aliphatic heterocycles. The zero-order valence-corrected chi connectivity index (χ0v) is 13.4. The molecule has 122 valence electrons. The molecular weight excluding hydrogens is 285 g/mol. The highest BCUT2D eigenvalue weighted by Gasteiger charge is 2.50. The summed E-state index contributed by atoms with van der Waals surface area (Å²) < 4.78 is 5.47. The van der Waals surface area contributed by atoms with E-state index in [0.29, 0.717) is 19.5 Å². The summed E-state index contributed by atoms with van der Waals surface area (Å²) in [6, 6.07) is -0.258. The predicted octanol–water partition coefficient (Wildman–Crippen LogP) is -0.729. The van der Waals surface area contributed by atoms with Gasteiger partial charge < -0.3 is 24.5 Å². The molecule has 2 radical (unpaired) electrons. The number of aliphatic hydroxyl groups is 3. The van der Waals surface area contributed by atoms with Gasteiger partial charge in [-0.05, 0) is 18.9 Å². The van der Waals surface area contributed by atoms with Crippen molar-refractivity contribution in [1.82, 2.24) is 0 Å². The van der Waals surface area contributed by atoms with Gasteiger partial charge in [0.15, 0.2) is 5.60 Å². The smallest absolute Gasteiger partial charge is 0.459 e. The molecule has 3 N–H and O–H groups in total. The van der Waals surface area contributed by atoms with E-state index in [1.807, 2.05) is 6.08 Å². The highest BCUT2D eigenvalue weighted by atomic mass is 16.6. The van der Waals surface area contributed by atoms with Crippen LogP contribution in [-0.4, -0.2) is 77.2 Å². The number of aliphatic hydroxyl groups excluding tert-OH is 2.